The van der Waals surface area contributed by atoms with E-state index >= 15 is 0 Å². The standard InChI is InChI=1S/C12H22N4O/c1-8(2)14-12(17)10(6-13)5-11-7-16(4)15-9(11)3/h7-8,10H,5-6,13H2,1-4H3,(H,14,17). The van der Waals surface area contributed by atoms with Crippen molar-refractivity contribution in [2.75, 3.05) is 6.54 Å². The molecular formula is C12H22N4O. The molecule has 3 N–H and O–H groups in total. The maximum atomic E-state index is 11.9. The van der Waals surface area contributed by atoms with Gasteiger partial charge in [-0.05, 0) is 32.8 Å². The number of nitrogens with one attached hydrogen (secondary N) is 1. The number of hydrogen-bond acceptors (Lipinski definition) is 3. The lowest BCUT2D eigenvalue weighted by Gasteiger charge is -2.16. The van der Waals surface area contributed by atoms with Crippen molar-refractivity contribution in [2.45, 2.75) is 33.2 Å². The number of aromatic nitrogens is 2. The number of nitrogens with zero attached hydrogens (tertiary/aromatic N) is 2. The molecule has 0 saturated carbocycles. The zero-order chi connectivity index (χ0) is 13.0. The van der Waals surface area contributed by atoms with Crippen molar-refractivity contribution in [3.8, 4) is 0 Å². The number of amides is 1. The maximum Gasteiger partial charge on any atom is 0.224 e. The zero-order valence-electron chi connectivity index (χ0n) is 11.0. The Morgan fingerprint density at radius 2 is 2.24 bits per heavy atom. The van der Waals surface area contributed by atoms with E-state index in [-0.39, 0.29) is 17.9 Å². The molecule has 1 aromatic heterocycles. The highest BCUT2D eigenvalue weighted by Crippen LogP contribution is 2.11. The number of carbonyl (C=O) groups excluding carboxylic acids is 1. The van der Waals surface area contributed by atoms with Gasteiger partial charge in [-0.2, -0.15) is 5.10 Å². The van der Waals surface area contributed by atoms with Crippen LogP contribution in [0.1, 0.15) is 25.1 Å². The van der Waals surface area contributed by atoms with Gasteiger partial charge in [0.15, 0.2) is 0 Å². The van der Waals surface area contributed by atoms with Crippen LogP contribution < -0.4 is 11.1 Å². The van der Waals surface area contributed by atoms with E-state index in [1.54, 1.807) is 4.68 Å². The molecule has 17 heavy (non-hydrogen) atoms. The van der Waals surface area contributed by atoms with E-state index in [0.717, 1.165) is 11.3 Å². The van der Waals surface area contributed by atoms with Crippen LogP contribution in [0.3, 0.4) is 0 Å². The first kappa shape index (κ1) is 13.7. The van der Waals surface area contributed by atoms with Gasteiger partial charge in [0.25, 0.3) is 0 Å². The van der Waals surface area contributed by atoms with Gasteiger partial charge in [-0.1, -0.05) is 0 Å². The molecule has 1 unspecified atom stereocenters. The number of rotatable bonds is 5. The summed E-state index contributed by atoms with van der Waals surface area (Å²) in [6, 6.07) is 0.145. The van der Waals surface area contributed by atoms with Gasteiger partial charge >= 0.3 is 0 Å². The summed E-state index contributed by atoms with van der Waals surface area (Å²) in [6.07, 6.45) is 2.59. The first-order valence-corrected chi connectivity index (χ1v) is 5.93. The van der Waals surface area contributed by atoms with Crippen molar-refractivity contribution in [1.82, 2.24) is 15.1 Å². The van der Waals surface area contributed by atoms with Crippen LogP contribution in [0.5, 0.6) is 0 Å². The molecule has 0 aliphatic rings. The Bertz CT molecular complexity index is 384. The maximum absolute atomic E-state index is 11.9. The van der Waals surface area contributed by atoms with E-state index < -0.39 is 0 Å². The summed E-state index contributed by atoms with van der Waals surface area (Å²) in [5.41, 5.74) is 7.71. The fourth-order valence-electron chi connectivity index (χ4n) is 1.80. The Morgan fingerprint density at radius 3 is 2.65 bits per heavy atom. The average Bonchev–Trinajstić information content (AvgIpc) is 2.52. The van der Waals surface area contributed by atoms with E-state index in [0.29, 0.717) is 13.0 Å². The number of nitrogens with two attached hydrogens (primary N) is 1. The molecule has 0 aromatic carbocycles. The molecule has 1 aromatic rings. The van der Waals surface area contributed by atoms with E-state index in [1.165, 1.54) is 0 Å². The second kappa shape index (κ2) is 5.82. The average molecular weight is 238 g/mol. The number of aryl methyl sites for hydroxylation is 2. The summed E-state index contributed by atoms with van der Waals surface area (Å²) < 4.78 is 1.76. The van der Waals surface area contributed by atoms with E-state index in [1.807, 2.05) is 34.0 Å². The molecule has 5 nitrogen and oxygen atoms in total. The van der Waals surface area contributed by atoms with Crippen LogP contribution in [0, 0.1) is 12.8 Å². The van der Waals surface area contributed by atoms with Crippen LogP contribution in [-0.2, 0) is 18.3 Å². The summed E-state index contributed by atoms with van der Waals surface area (Å²) in [4.78, 5) is 11.9. The van der Waals surface area contributed by atoms with E-state index in [4.69, 9.17) is 5.73 Å². The van der Waals surface area contributed by atoms with Crippen molar-refractivity contribution < 1.29 is 4.79 Å². The van der Waals surface area contributed by atoms with Crippen LogP contribution in [0.2, 0.25) is 0 Å². The largest absolute Gasteiger partial charge is 0.354 e. The minimum atomic E-state index is -0.180. The Hall–Kier alpha value is -1.36. The highest BCUT2D eigenvalue weighted by molar-refractivity contribution is 5.79. The van der Waals surface area contributed by atoms with Gasteiger partial charge in [0.1, 0.15) is 0 Å². The smallest absolute Gasteiger partial charge is 0.224 e. The van der Waals surface area contributed by atoms with Crippen LogP contribution in [0.4, 0.5) is 0 Å². The van der Waals surface area contributed by atoms with E-state index in [9.17, 15) is 4.79 Å². The van der Waals surface area contributed by atoms with E-state index in [2.05, 4.69) is 10.4 Å². The molecule has 0 bridgehead atoms. The van der Waals surface area contributed by atoms with Crippen LogP contribution in [0.15, 0.2) is 6.20 Å². The number of carbonyl (C=O) groups is 1. The highest BCUT2D eigenvalue weighted by Gasteiger charge is 2.19. The molecule has 0 aliphatic heterocycles. The first-order chi connectivity index (χ1) is 7.93. The fourth-order valence-corrected chi connectivity index (χ4v) is 1.80. The molecule has 0 fully saturated rings. The lowest BCUT2D eigenvalue weighted by molar-refractivity contribution is -0.125. The minimum absolute atomic E-state index is 0.0192. The van der Waals surface area contributed by atoms with Gasteiger partial charge in [0.05, 0.1) is 11.6 Å². The van der Waals surface area contributed by atoms with Crippen molar-refractivity contribution in [3.05, 3.63) is 17.5 Å². The van der Waals surface area contributed by atoms with Gasteiger partial charge in [0.2, 0.25) is 5.91 Å². The van der Waals surface area contributed by atoms with Crippen LogP contribution in [-0.4, -0.2) is 28.3 Å². The van der Waals surface area contributed by atoms with Gasteiger partial charge in [-0.3, -0.25) is 9.48 Å². The minimum Gasteiger partial charge on any atom is -0.354 e. The molecule has 0 saturated heterocycles. The Labute approximate surface area is 102 Å². The van der Waals surface area contributed by atoms with Gasteiger partial charge in [-0.15, -0.1) is 0 Å². The monoisotopic (exact) mass is 238 g/mol. The van der Waals surface area contributed by atoms with Gasteiger partial charge in [0, 0.05) is 25.8 Å². The Morgan fingerprint density at radius 1 is 1.59 bits per heavy atom. The summed E-state index contributed by atoms with van der Waals surface area (Å²) in [6.45, 7) is 6.19. The summed E-state index contributed by atoms with van der Waals surface area (Å²) in [5, 5.41) is 7.16. The predicted octanol–water partition coefficient (Wildman–Crippen LogP) is 0.371. The highest BCUT2D eigenvalue weighted by atomic mass is 16.1. The third-order valence-corrected chi connectivity index (χ3v) is 2.67. The predicted molar refractivity (Wildman–Crippen MR) is 67.5 cm³/mol. The molecule has 0 aliphatic carbocycles. The fraction of sp³-hybridized carbons (Fsp3) is 0.667. The lowest BCUT2D eigenvalue weighted by Crippen LogP contribution is -2.39. The Balaban J connectivity index is 2.70. The molecule has 0 radical (unpaired) electrons. The van der Waals surface area contributed by atoms with Crippen molar-refractivity contribution >= 4 is 5.91 Å². The lowest BCUT2D eigenvalue weighted by atomic mass is 9.99. The molecule has 1 rings (SSSR count). The molecule has 1 atom stereocenters. The number of hydrogen-bond donors (Lipinski definition) is 2. The zero-order valence-corrected chi connectivity index (χ0v) is 11.0. The molecule has 0 spiro atoms. The third kappa shape index (κ3) is 3.85. The second-order valence-corrected chi connectivity index (χ2v) is 4.71. The van der Waals surface area contributed by atoms with Crippen LogP contribution >= 0.6 is 0 Å². The molecule has 5 heteroatoms. The second-order valence-electron chi connectivity index (χ2n) is 4.71. The van der Waals surface area contributed by atoms with Gasteiger partial charge in [-0.25, -0.2) is 0 Å². The van der Waals surface area contributed by atoms with Crippen LogP contribution in [0.25, 0.3) is 0 Å². The third-order valence-electron chi connectivity index (χ3n) is 2.67. The summed E-state index contributed by atoms with van der Waals surface area (Å²) in [5.74, 6) is -0.161. The summed E-state index contributed by atoms with van der Waals surface area (Å²) in [7, 11) is 1.88. The molecule has 1 amide bonds. The SMILES string of the molecule is Cc1nn(C)cc1CC(CN)C(=O)NC(C)C. The first-order valence-electron chi connectivity index (χ1n) is 5.93. The normalized spacial score (nSPS) is 12.8. The summed E-state index contributed by atoms with van der Waals surface area (Å²) >= 11 is 0. The molecular weight excluding hydrogens is 216 g/mol. The van der Waals surface area contributed by atoms with Crippen molar-refractivity contribution in [3.63, 3.8) is 0 Å². The quantitative estimate of drug-likeness (QED) is 0.778. The Kier molecular flexibility index (Phi) is 4.69. The van der Waals surface area contributed by atoms with Gasteiger partial charge < -0.3 is 11.1 Å². The topological polar surface area (TPSA) is 72.9 Å². The molecule has 96 valence electrons. The van der Waals surface area contributed by atoms with Crippen molar-refractivity contribution in [1.29, 1.82) is 0 Å². The van der Waals surface area contributed by atoms with Crippen molar-refractivity contribution in [2.24, 2.45) is 18.7 Å². The molecule has 1 heterocycles.